The van der Waals surface area contributed by atoms with Crippen LogP contribution in [0.25, 0.3) is 0 Å². The highest BCUT2D eigenvalue weighted by molar-refractivity contribution is 14.1. The van der Waals surface area contributed by atoms with Gasteiger partial charge in [0.1, 0.15) is 5.82 Å². The van der Waals surface area contributed by atoms with Crippen LogP contribution >= 0.6 is 22.6 Å². The second kappa shape index (κ2) is 3.10. The van der Waals surface area contributed by atoms with E-state index in [-0.39, 0.29) is 5.82 Å². The molecule has 3 heteroatoms. The molecule has 0 spiro atoms. The van der Waals surface area contributed by atoms with Gasteiger partial charge in [0.15, 0.2) is 0 Å². The standard InChI is InChI=1S/C6H5FIN/c7-6-1-5(2-8)3-9-4-6/h1,3-4H,2H2. The Morgan fingerprint density at radius 1 is 1.56 bits per heavy atom. The number of pyridine rings is 1. The van der Waals surface area contributed by atoms with Gasteiger partial charge in [-0.3, -0.25) is 4.98 Å². The average molecular weight is 237 g/mol. The normalized spacial score (nSPS) is 9.56. The van der Waals surface area contributed by atoms with Crippen molar-refractivity contribution in [3.8, 4) is 0 Å². The number of hydrogen-bond acceptors (Lipinski definition) is 1. The number of alkyl halides is 1. The van der Waals surface area contributed by atoms with Crippen molar-refractivity contribution in [2.75, 3.05) is 0 Å². The lowest BCUT2D eigenvalue weighted by Gasteiger charge is -1.91. The summed E-state index contributed by atoms with van der Waals surface area (Å²) >= 11 is 2.16. The minimum absolute atomic E-state index is 0.260. The molecule has 0 fully saturated rings. The van der Waals surface area contributed by atoms with Crippen LogP contribution in [0.5, 0.6) is 0 Å². The Kier molecular flexibility index (Phi) is 2.38. The van der Waals surface area contributed by atoms with E-state index >= 15 is 0 Å². The predicted octanol–water partition coefficient (Wildman–Crippen LogP) is 2.16. The van der Waals surface area contributed by atoms with Crippen molar-refractivity contribution in [1.29, 1.82) is 0 Å². The van der Waals surface area contributed by atoms with E-state index in [1.54, 1.807) is 6.20 Å². The lowest BCUT2D eigenvalue weighted by molar-refractivity contribution is 0.620. The molecule has 0 bridgehead atoms. The van der Waals surface area contributed by atoms with Crippen molar-refractivity contribution in [3.05, 3.63) is 29.8 Å². The third-order valence-electron chi connectivity index (χ3n) is 0.916. The summed E-state index contributed by atoms with van der Waals surface area (Å²) in [6, 6.07) is 1.49. The number of rotatable bonds is 1. The molecule has 0 aliphatic heterocycles. The maximum Gasteiger partial charge on any atom is 0.141 e. The summed E-state index contributed by atoms with van der Waals surface area (Å²) in [5.74, 6) is -0.260. The van der Waals surface area contributed by atoms with Gasteiger partial charge in [-0.25, -0.2) is 4.39 Å². The first kappa shape index (κ1) is 6.92. The first-order valence-corrected chi connectivity index (χ1v) is 4.01. The van der Waals surface area contributed by atoms with E-state index in [9.17, 15) is 4.39 Å². The molecule has 1 nitrogen and oxygen atoms in total. The van der Waals surface area contributed by atoms with Crippen LogP contribution in [-0.2, 0) is 4.43 Å². The van der Waals surface area contributed by atoms with E-state index in [2.05, 4.69) is 27.6 Å². The van der Waals surface area contributed by atoms with Crippen molar-refractivity contribution in [2.45, 2.75) is 4.43 Å². The van der Waals surface area contributed by atoms with Gasteiger partial charge in [-0.2, -0.15) is 0 Å². The Morgan fingerprint density at radius 2 is 2.33 bits per heavy atom. The molecular formula is C6H5FIN. The molecule has 1 rings (SSSR count). The zero-order valence-electron chi connectivity index (χ0n) is 4.64. The van der Waals surface area contributed by atoms with Gasteiger partial charge >= 0.3 is 0 Å². The average Bonchev–Trinajstić information content (AvgIpc) is 1.88. The van der Waals surface area contributed by atoms with Crippen LogP contribution in [0.15, 0.2) is 18.5 Å². The molecule has 0 amide bonds. The van der Waals surface area contributed by atoms with Crippen LogP contribution in [0, 0.1) is 5.82 Å². The Morgan fingerprint density at radius 3 is 2.78 bits per heavy atom. The maximum atomic E-state index is 12.3. The van der Waals surface area contributed by atoms with Gasteiger partial charge in [-0.05, 0) is 11.6 Å². The molecular weight excluding hydrogens is 232 g/mol. The quantitative estimate of drug-likeness (QED) is 0.538. The van der Waals surface area contributed by atoms with Crippen LogP contribution in [0.3, 0.4) is 0 Å². The van der Waals surface area contributed by atoms with Gasteiger partial charge in [0.2, 0.25) is 0 Å². The minimum atomic E-state index is -0.260. The molecule has 1 aromatic rings. The monoisotopic (exact) mass is 237 g/mol. The molecule has 0 atom stereocenters. The van der Waals surface area contributed by atoms with Gasteiger partial charge in [0.05, 0.1) is 6.20 Å². The smallest absolute Gasteiger partial charge is 0.141 e. The van der Waals surface area contributed by atoms with Gasteiger partial charge < -0.3 is 0 Å². The first-order chi connectivity index (χ1) is 4.33. The van der Waals surface area contributed by atoms with Crippen LogP contribution in [0.1, 0.15) is 5.56 Å². The summed E-state index contributed by atoms with van der Waals surface area (Å²) < 4.78 is 13.1. The molecule has 0 radical (unpaired) electrons. The zero-order chi connectivity index (χ0) is 6.69. The number of nitrogens with zero attached hydrogens (tertiary/aromatic N) is 1. The van der Waals surface area contributed by atoms with E-state index in [4.69, 9.17) is 0 Å². The topological polar surface area (TPSA) is 12.9 Å². The largest absolute Gasteiger partial charge is 0.261 e. The van der Waals surface area contributed by atoms with Gasteiger partial charge in [-0.1, -0.05) is 22.6 Å². The molecule has 0 aliphatic carbocycles. The lowest BCUT2D eigenvalue weighted by Crippen LogP contribution is -1.81. The summed E-state index contributed by atoms with van der Waals surface area (Å²) in [7, 11) is 0. The number of aromatic nitrogens is 1. The van der Waals surface area contributed by atoms with E-state index < -0.39 is 0 Å². The highest BCUT2D eigenvalue weighted by Crippen LogP contribution is 2.04. The van der Waals surface area contributed by atoms with Crippen molar-refractivity contribution >= 4 is 22.6 Å². The fraction of sp³-hybridized carbons (Fsp3) is 0.167. The van der Waals surface area contributed by atoms with Crippen molar-refractivity contribution in [3.63, 3.8) is 0 Å². The summed E-state index contributed by atoms with van der Waals surface area (Å²) in [6.45, 7) is 0. The molecule has 0 N–H and O–H groups in total. The van der Waals surface area contributed by atoms with Crippen LogP contribution in [0.4, 0.5) is 4.39 Å². The lowest BCUT2D eigenvalue weighted by atomic mass is 10.3. The minimum Gasteiger partial charge on any atom is -0.261 e. The number of halogens is 2. The van der Waals surface area contributed by atoms with E-state index in [0.717, 1.165) is 9.99 Å². The maximum absolute atomic E-state index is 12.3. The second-order valence-corrected chi connectivity index (χ2v) is 2.41. The summed E-state index contributed by atoms with van der Waals surface area (Å²) in [4.78, 5) is 3.68. The molecule has 9 heavy (non-hydrogen) atoms. The zero-order valence-corrected chi connectivity index (χ0v) is 6.80. The first-order valence-electron chi connectivity index (χ1n) is 2.48. The molecule has 1 aromatic heterocycles. The summed E-state index contributed by atoms with van der Waals surface area (Å²) in [5.41, 5.74) is 0.926. The molecule has 0 unspecified atom stereocenters. The Bertz CT molecular complexity index is 202. The highest BCUT2D eigenvalue weighted by Gasteiger charge is 1.91. The van der Waals surface area contributed by atoms with Crippen molar-refractivity contribution in [2.24, 2.45) is 0 Å². The molecule has 0 saturated carbocycles. The highest BCUT2D eigenvalue weighted by atomic mass is 127. The van der Waals surface area contributed by atoms with E-state index in [1.807, 2.05) is 0 Å². The van der Waals surface area contributed by atoms with Crippen molar-refractivity contribution < 1.29 is 4.39 Å². The summed E-state index contributed by atoms with van der Waals surface area (Å²) in [6.07, 6.45) is 2.87. The second-order valence-electron chi connectivity index (χ2n) is 1.65. The fourth-order valence-electron chi connectivity index (χ4n) is 0.529. The van der Waals surface area contributed by atoms with E-state index in [1.165, 1.54) is 12.3 Å². The van der Waals surface area contributed by atoms with Gasteiger partial charge in [-0.15, -0.1) is 0 Å². The third-order valence-corrected chi connectivity index (χ3v) is 1.80. The molecule has 1 heterocycles. The van der Waals surface area contributed by atoms with Gasteiger partial charge in [0.25, 0.3) is 0 Å². The predicted molar refractivity (Wildman–Crippen MR) is 41.9 cm³/mol. The van der Waals surface area contributed by atoms with E-state index in [0.29, 0.717) is 0 Å². The molecule has 0 saturated heterocycles. The fourth-order valence-corrected chi connectivity index (χ4v) is 0.946. The molecule has 0 aliphatic rings. The Labute approximate surface area is 66.4 Å². The SMILES string of the molecule is Fc1cncc(CI)c1. The Hall–Kier alpha value is -0.190. The van der Waals surface area contributed by atoms with Gasteiger partial charge in [0, 0.05) is 10.6 Å². The van der Waals surface area contributed by atoms with Crippen LogP contribution < -0.4 is 0 Å². The van der Waals surface area contributed by atoms with Crippen LogP contribution in [0.2, 0.25) is 0 Å². The van der Waals surface area contributed by atoms with Crippen molar-refractivity contribution in [1.82, 2.24) is 4.98 Å². The third kappa shape index (κ3) is 1.89. The number of hydrogen-bond donors (Lipinski definition) is 0. The van der Waals surface area contributed by atoms with Crippen LogP contribution in [-0.4, -0.2) is 4.98 Å². The summed E-state index contributed by atoms with van der Waals surface area (Å²) in [5, 5.41) is 0. The Balaban J connectivity index is 2.94. The molecule has 48 valence electrons. The molecule has 0 aromatic carbocycles.